The van der Waals surface area contributed by atoms with Crippen LogP contribution in [0.25, 0.3) is 0 Å². The first-order chi connectivity index (χ1) is 6.42. The number of rotatable bonds is 0. The van der Waals surface area contributed by atoms with Gasteiger partial charge < -0.3 is 5.73 Å². The molecule has 0 saturated heterocycles. The van der Waals surface area contributed by atoms with Gasteiger partial charge in [0, 0.05) is 6.20 Å². The molecule has 2 N–H and O–H groups in total. The predicted molar refractivity (Wildman–Crippen MR) is 52.1 cm³/mol. The van der Waals surface area contributed by atoms with Crippen molar-refractivity contribution in [1.82, 2.24) is 4.98 Å². The molecule has 1 aliphatic carbocycles. The van der Waals surface area contributed by atoms with Crippen molar-refractivity contribution in [3.63, 3.8) is 0 Å². The summed E-state index contributed by atoms with van der Waals surface area (Å²) in [7, 11) is 0. The van der Waals surface area contributed by atoms with Crippen molar-refractivity contribution in [1.29, 1.82) is 0 Å². The van der Waals surface area contributed by atoms with Crippen LogP contribution in [0.1, 0.15) is 23.6 Å². The monoisotopic (exact) mass is 172 g/mol. The first-order valence-electron chi connectivity index (χ1n) is 4.54. The number of pyridine rings is 1. The molecule has 1 aliphatic rings. The van der Waals surface area contributed by atoms with Gasteiger partial charge in [-0.15, -0.1) is 0 Å². The topological polar surface area (TPSA) is 38.9 Å². The Morgan fingerprint density at radius 3 is 3.38 bits per heavy atom. The van der Waals surface area contributed by atoms with Gasteiger partial charge in [-0.3, -0.25) is 4.98 Å². The standard InChI is InChI=1S/C11H12N2/c12-7-1-3-9-5-6-10-4-2-8-13-11(9)10/h2,4,8-9H,5-7,12H2. The third-order valence-electron chi connectivity index (χ3n) is 2.34. The SMILES string of the molecule is NCC#CC1CCc2cccnc21. The van der Waals surface area contributed by atoms with Crippen molar-refractivity contribution >= 4 is 0 Å². The summed E-state index contributed by atoms with van der Waals surface area (Å²) in [4.78, 5) is 4.35. The summed E-state index contributed by atoms with van der Waals surface area (Å²) >= 11 is 0. The lowest BCUT2D eigenvalue weighted by molar-refractivity contribution is 0.819. The third kappa shape index (κ3) is 1.56. The maximum atomic E-state index is 5.33. The van der Waals surface area contributed by atoms with Crippen LogP contribution in [-0.2, 0) is 6.42 Å². The summed E-state index contributed by atoms with van der Waals surface area (Å²) in [6, 6.07) is 4.12. The van der Waals surface area contributed by atoms with Crippen LogP contribution in [0.3, 0.4) is 0 Å². The number of aromatic nitrogens is 1. The van der Waals surface area contributed by atoms with Crippen LogP contribution < -0.4 is 5.73 Å². The molecule has 1 heterocycles. The summed E-state index contributed by atoms with van der Waals surface area (Å²) in [5.41, 5.74) is 7.83. The van der Waals surface area contributed by atoms with E-state index in [1.807, 2.05) is 12.3 Å². The zero-order chi connectivity index (χ0) is 9.10. The lowest BCUT2D eigenvalue weighted by Crippen LogP contribution is -1.96. The fourth-order valence-corrected chi connectivity index (χ4v) is 1.74. The summed E-state index contributed by atoms with van der Waals surface area (Å²) in [5, 5.41) is 0. The van der Waals surface area contributed by atoms with Crippen LogP contribution in [0.5, 0.6) is 0 Å². The maximum absolute atomic E-state index is 5.33. The van der Waals surface area contributed by atoms with Crippen LogP contribution in [0.2, 0.25) is 0 Å². The zero-order valence-corrected chi connectivity index (χ0v) is 7.46. The summed E-state index contributed by atoms with van der Waals surface area (Å²) in [5.74, 6) is 6.39. The second-order valence-corrected chi connectivity index (χ2v) is 3.16. The first-order valence-corrected chi connectivity index (χ1v) is 4.54. The second-order valence-electron chi connectivity index (χ2n) is 3.16. The number of nitrogens with zero attached hydrogens (tertiary/aromatic N) is 1. The fourth-order valence-electron chi connectivity index (χ4n) is 1.74. The number of nitrogens with two attached hydrogens (primary N) is 1. The minimum atomic E-state index is 0.319. The highest BCUT2D eigenvalue weighted by atomic mass is 14.7. The molecule has 0 aliphatic heterocycles. The van der Waals surface area contributed by atoms with Gasteiger partial charge in [0.2, 0.25) is 0 Å². The Balaban J connectivity index is 2.28. The highest BCUT2D eigenvalue weighted by Gasteiger charge is 2.20. The average molecular weight is 172 g/mol. The lowest BCUT2D eigenvalue weighted by Gasteiger charge is -2.00. The average Bonchev–Trinajstić information content (AvgIpc) is 2.58. The van der Waals surface area contributed by atoms with Crippen molar-refractivity contribution in [2.75, 3.05) is 6.54 Å². The molecule has 2 rings (SSSR count). The molecule has 13 heavy (non-hydrogen) atoms. The molecule has 0 bridgehead atoms. The van der Waals surface area contributed by atoms with Gasteiger partial charge in [-0.05, 0) is 24.5 Å². The molecule has 0 amide bonds. The molecule has 66 valence electrons. The molecule has 0 aromatic carbocycles. The lowest BCUT2D eigenvalue weighted by atomic mass is 10.1. The molecule has 0 saturated carbocycles. The maximum Gasteiger partial charge on any atom is 0.0631 e. The molecule has 1 aromatic heterocycles. The van der Waals surface area contributed by atoms with E-state index >= 15 is 0 Å². The van der Waals surface area contributed by atoms with Crippen LogP contribution >= 0.6 is 0 Å². The molecule has 2 heteroatoms. The van der Waals surface area contributed by atoms with E-state index in [9.17, 15) is 0 Å². The van der Waals surface area contributed by atoms with E-state index in [0.717, 1.165) is 18.5 Å². The van der Waals surface area contributed by atoms with Crippen molar-refractivity contribution < 1.29 is 0 Å². The zero-order valence-electron chi connectivity index (χ0n) is 7.46. The van der Waals surface area contributed by atoms with E-state index in [1.54, 1.807) is 0 Å². The molecule has 0 radical (unpaired) electrons. The van der Waals surface area contributed by atoms with Crippen molar-refractivity contribution in [2.24, 2.45) is 5.73 Å². The quantitative estimate of drug-likeness (QED) is 0.595. The van der Waals surface area contributed by atoms with Gasteiger partial charge in [-0.2, -0.15) is 0 Å². The summed E-state index contributed by atoms with van der Waals surface area (Å²) < 4.78 is 0. The highest BCUT2D eigenvalue weighted by molar-refractivity contribution is 5.34. The molecular weight excluding hydrogens is 160 g/mol. The fraction of sp³-hybridized carbons (Fsp3) is 0.364. The molecule has 1 unspecified atom stereocenters. The Morgan fingerprint density at radius 2 is 2.54 bits per heavy atom. The molecule has 0 spiro atoms. The Labute approximate surface area is 78.2 Å². The van der Waals surface area contributed by atoms with Crippen LogP contribution in [0, 0.1) is 11.8 Å². The molecular formula is C11H12N2. The molecule has 0 fully saturated rings. The Kier molecular flexibility index (Phi) is 2.29. The van der Waals surface area contributed by atoms with Gasteiger partial charge in [0.05, 0.1) is 18.2 Å². The van der Waals surface area contributed by atoms with Gasteiger partial charge in [-0.25, -0.2) is 0 Å². The first kappa shape index (κ1) is 8.28. The number of aryl methyl sites for hydroxylation is 1. The van der Waals surface area contributed by atoms with E-state index < -0.39 is 0 Å². The van der Waals surface area contributed by atoms with Gasteiger partial charge >= 0.3 is 0 Å². The Bertz CT molecular complexity index is 360. The smallest absolute Gasteiger partial charge is 0.0631 e. The number of hydrogen-bond acceptors (Lipinski definition) is 2. The van der Waals surface area contributed by atoms with Crippen LogP contribution in [0.4, 0.5) is 0 Å². The highest BCUT2D eigenvalue weighted by Crippen LogP contribution is 2.29. The molecule has 1 atom stereocenters. The minimum Gasteiger partial charge on any atom is -0.320 e. The van der Waals surface area contributed by atoms with E-state index in [4.69, 9.17) is 5.73 Å². The van der Waals surface area contributed by atoms with Gasteiger partial charge in [0.15, 0.2) is 0 Å². The predicted octanol–water partition coefficient (Wildman–Crippen LogP) is 1.07. The largest absolute Gasteiger partial charge is 0.320 e. The minimum absolute atomic E-state index is 0.319. The number of hydrogen-bond donors (Lipinski definition) is 1. The normalized spacial score (nSPS) is 19.0. The molecule has 2 nitrogen and oxygen atoms in total. The van der Waals surface area contributed by atoms with Crippen LogP contribution in [0.15, 0.2) is 18.3 Å². The van der Waals surface area contributed by atoms with Crippen LogP contribution in [-0.4, -0.2) is 11.5 Å². The summed E-state index contributed by atoms with van der Waals surface area (Å²) in [6.45, 7) is 0.443. The Morgan fingerprint density at radius 1 is 1.62 bits per heavy atom. The van der Waals surface area contributed by atoms with E-state index in [0.29, 0.717) is 12.5 Å². The van der Waals surface area contributed by atoms with Crippen molar-refractivity contribution in [3.8, 4) is 11.8 Å². The third-order valence-corrected chi connectivity index (χ3v) is 2.34. The molecule has 1 aromatic rings. The van der Waals surface area contributed by atoms with Gasteiger partial charge in [0.25, 0.3) is 0 Å². The van der Waals surface area contributed by atoms with E-state index in [-0.39, 0.29) is 0 Å². The van der Waals surface area contributed by atoms with Crippen molar-refractivity contribution in [2.45, 2.75) is 18.8 Å². The van der Waals surface area contributed by atoms with Gasteiger partial charge in [0.1, 0.15) is 0 Å². The summed E-state index contributed by atoms with van der Waals surface area (Å²) in [6.07, 6.45) is 4.04. The van der Waals surface area contributed by atoms with E-state index in [2.05, 4.69) is 22.9 Å². The van der Waals surface area contributed by atoms with Crippen molar-refractivity contribution in [3.05, 3.63) is 29.6 Å². The Hall–Kier alpha value is -1.33. The number of fused-ring (bicyclic) bond motifs is 1. The van der Waals surface area contributed by atoms with E-state index in [1.165, 1.54) is 5.56 Å². The van der Waals surface area contributed by atoms with Gasteiger partial charge in [-0.1, -0.05) is 17.9 Å². The second kappa shape index (κ2) is 3.59.